The number of benzene rings is 1. The maximum Gasteiger partial charge on any atom is 0.0156 e. The third-order valence-corrected chi connectivity index (χ3v) is 12.2. The van der Waals surface area contributed by atoms with Gasteiger partial charge in [-0.1, -0.05) is 103 Å². The van der Waals surface area contributed by atoms with Crippen molar-refractivity contribution in [3.8, 4) is 0 Å². The molecule has 3 fully saturated rings. The molecule has 0 aliphatic heterocycles. The number of allylic oxidation sites excluding steroid dienone is 3. The van der Waals surface area contributed by atoms with Crippen molar-refractivity contribution < 1.29 is 0 Å². The van der Waals surface area contributed by atoms with Crippen LogP contribution < -0.4 is 0 Å². The molecule has 4 rings (SSSR count). The van der Waals surface area contributed by atoms with E-state index in [0.717, 1.165) is 30.6 Å². The summed E-state index contributed by atoms with van der Waals surface area (Å²) in [5.74, 6) is 3.02. The smallest absolute Gasteiger partial charge is 0.0156 e. The lowest BCUT2D eigenvalue weighted by atomic mass is 9.45. The highest BCUT2D eigenvalue weighted by Crippen LogP contribution is 2.78. The normalized spacial score (nSPS) is 39.8. The van der Waals surface area contributed by atoms with E-state index >= 15 is 0 Å². The first kappa shape index (κ1) is 24.9. The summed E-state index contributed by atoms with van der Waals surface area (Å²) in [6.45, 7) is 24.2. The van der Waals surface area contributed by atoms with E-state index in [1.807, 2.05) is 0 Å². The molecule has 6 unspecified atom stereocenters. The first-order chi connectivity index (χ1) is 15.6. The summed E-state index contributed by atoms with van der Waals surface area (Å²) >= 11 is 2.14. The van der Waals surface area contributed by atoms with Crippen LogP contribution in [-0.4, -0.2) is 5.25 Å². The maximum atomic E-state index is 4.59. The molecule has 0 radical (unpaired) electrons. The van der Waals surface area contributed by atoms with E-state index in [4.69, 9.17) is 0 Å². The molecule has 0 spiro atoms. The minimum atomic E-state index is 0.396. The number of rotatable bonds is 8. The van der Waals surface area contributed by atoms with Crippen LogP contribution in [0.4, 0.5) is 0 Å². The van der Waals surface area contributed by atoms with Crippen LogP contribution >= 0.6 is 11.8 Å². The molecule has 3 saturated carbocycles. The Morgan fingerprint density at radius 3 is 2.48 bits per heavy atom. The molecule has 1 aromatic carbocycles. The Bertz CT molecular complexity index is 910. The second-order valence-corrected chi connectivity index (χ2v) is 13.7. The molecule has 180 valence electrons. The largest absolute Gasteiger partial charge is 0.127 e. The molecule has 2 bridgehead atoms. The minimum absolute atomic E-state index is 0.396. The van der Waals surface area contributed by atoms with Gasteiger partial charge in [-0.05, 0) is 88.9 Å². The summed E-state index contributed by atoms with van der Waals surface area (Å²) < 4.78 is 0. The molecule has 1 heteroatoms. The molecule has 0 saturated heterocycles. The quantitative estimate of drug-likeness (QED) is 0.346. The number of hydrogen-bond donors (Lipinski definition) is 0. The Labute approximate surface area is 208 Å². The Kier molecular flexibility index (Phi) is 6.87. The zero-order valence-electron chi connectivity index (χ0n) is 22.0. The van der Waals surface area contributed by atoms with Gasteiger partial charge >= 0.3 is 0 Å². The Morgan fingerprint density at radius 1 is 1.15 bits per heavy atom. The van der Waals surface area contributed by atoms with Gasteiger partial charge < -0.3 is 0 Å². The average Bonchev–Trinajstić information content (AvgIpc) is 3.26. The molecular weight excluding hydrogens is 416 g/mol. The van der Waals surface area contributed by atoms with Crippen LogP contribution in [0.15, 0.2) is 60.0 Å². The summed E-state index contributed by atoms with van der Waals surface area (Å²) in [5.41, 5.74) is 3.80. The van der Waals surface area contributed by atoms with Gasteiger partial charge in [0.25, 0.3) is 0 Å². The Hall–Kier alpha value is -1.21. The summed E-state index contributed by atoms with van der Waals surface area (Å²) in [5, 5.41) is 0.697. The second kappa shape index (κ2) is 9.10. The first-order valence-electron chi connectivity index (χ1n) is 13.3. The fourth-order valence-electron chi connectivity index (χ4n) is 8.44. The van der Waals surface area contributed by atoms with Crippen LogP contribution in [0.2, 0.25) is 0 Å². The van der Waals surface area contributed by atoms with E-state index in [1.54, 1.807) is 0 Å². The molecule has 0 heterocycles. The van der Waals surface area contributed by atoms with Crippen molar-refractivity contribution in [1.82, 2.24) is 0 Å². The van der Waals surface area contributed by atoms with Gasteiger partial charge in [-0.3, -0.25) is 0 Å². The maximum absolute atomic E-state index is 4.59. The fraction of sp³-hybridized carbons (Fsp3) is 0.625. The van der Waals surface area contributed by atoms with Gasteiger partial charge in [0.15, 0.2) is 0 Å². The highest BCUT2D eigenvalue weighted by Gasteiger charge is 2.72. The molecule has 0 nitrogen and oxygen atoms in total. The zero-order chi connectivity index (χ0) is 24.0. The lowest BCUT2D eigenvalue weighted by Gasteiger charge is -2.60. The molecule has 0 amide bonds. The lowest BCUT2D eigenvalue weighted by molar-refractivity contribution is -0.109. The molecular formula is C32H46S. The second-order valence-electron chi connectivity index (χ2n) is 12.4. The van der Waals surface area contributed by atoms with E-state index in [9.17, 15) is 0 Å². The molecule has 33 heavy (non-hydrogen) atoms. The van der Waals surface area contributed by atoms with Crippen LogP contribution in [0.5, 0.6) is 0 Å². The highest BCUT2D eigenvalue weighted by atomic mass is 32.2. The molecule has 0 aromatic heterocycles. The van der Waals surface area contributed by atoms with Crippen LogP contribution in [0.1, 0.15) is 85.6 Å². The molecule has 3 aliphatic carbocycles. The number of fused-ring (bicyclic) bond motifs is 4. The topological polar surface area (TPSA) is 0 Å². The van der Waals surface area contributed by atoms with E-state index in [-0.39, 0.29) is 0 Å². The summed E-state index contributed by atoms with van der Waals surface area (Å²) in [6.07, 6.45) is 12.3. The van der Waals surface area contributed by atoms with E-state index in [1.165, 1.54) is 41.7 Å². The standard InChI is InChI=1S/C32H46S/c1-9-25(6)33-28-20-32(22(2)3)21-31(28,8)30(7)18-17-24(5)29(30)27(32)19-23(4)15-16-26-13-11-10-12-14-26/h10-16,22,24,27-29H,4,6,9,17-21H2,1-3,5,7-8H3/b16-15+/t24?,27-,28?,29?,30?,31?,32?/m0/s1. The first-order valence-corrected chi connectivity index (χ1v) is 14.2. The number of hydrogen-bond acceptors (Lipinski definition) is 1. The highest BCUT2D eigenvalue weighted by molar-refractivity contribution is 8.03. The van der Waals surface area contributed by atoms with Gasteiger partial charge in [0, 0.05) is 5.25 Å². The van der Waals surface area contributed by atoms with Gasteiger partial charge in [-0.15, -0.1) is 11.8 Å². The fourth-order valence-corrected chi connectivity index (χ4v) is 10.0. The van der Waals surface area contributed by atoms with Gasteiger partial charge in [-0.25, -0.2) is 0 Å². The van der Waals surface area contributed by atoms with Crippen molar-refractivity contribution in [3.05, 3.63) is 65.6 Å². The predicted octanol–water partition coefficient (Wildman–Crippen LogP) is 9.80. The number of thioether (sulfide) groups is 1. The van der Waals surface area contributed by atoms with Crippen LogP contribution in [0.3, 0.4) is 0 Å². The molecule has 0 N–H and O–H groups in total. The van der Waals surface area contributed by atoms with Gasteiger partial charge in [0.05, 0.1) is 0 Å². The monoisotopic (exact) mass is 462 g/mol. The third kappa shape index (κ3) is 4.01. The van der Waals surface area contributed by atoms with Crippen LogP contribution in [0.25, 0.3) is 6.08 Å². The van der Waals surface area contributed by atoms with Gasteiger partial charge in [0.1, 0.15) is 0 Å². The lowest BCUT2D eigenvalue weighted by Crippen LogP contribution is -2.54. The minimum Gasteiger partial charge on any atom is -0.127 e. The van der Waals surface area contributed by atoms with Crippen molar-refractivity contribution in [1.29, 1.82) is 0 Å². The van der Waals surface area contributed by atoms with Crippen LogP contribution in [-0.2, 0) is 0 Å². The molecule has 7 atom stereocenters. The molecule has 3 aliphatic rings. The summed E-state index contributed by atoms with van der Waals surface area (Å²) in [4.78, 5) is 1.38. The van der Waals surface area contributed by atoms with Crippen molar-refractivity contribution in [2.24, 2.45) is 39.9 Å². The average molecular weight is 463 g/mol. The van der Waals surface area contributed by atoms with E-state index < -0.39 is 0 Å². The van der Waals surface area contributed by atoms with Crippen molar-refractivity contribution >= 4 is 17.8 Å². The summed E-state index contributed by atoms with van der Waals surface area (Å²) in [7, 11) is 0. The third-order valence-electron chi connectivity index (χ3n) is 10.6. The Balaban J connectivity index is 1.70. The van der Waals surface area contributed by atoms with E-state index in [2.05, 4.69) is 109 Å². The van der Waals surface area contributed by atoms with Crippen LogP contribution in [0, 0.1) is 39.9 Å². The van der Waals surface area contributed by atoms with Crippen molar-refractivity contribution in [3.63, 3.8) is 0 Å². The Morgan fingerprint density at radius 2 is 1.85 bits per heavy atom. The van der Waals surface area contributed by atoms with E-state index in [0.29, 0.717) is 27.4 Å². The van der Waals surface area contributed by atoms with Crippen molar-refractivity contribution in [2.45, 2.75) is 85.3 Å². The van der Waals surface area contributed by atoms with Gasteiger partial charge in [-0.2, -0.15) is 0 Å². The molecule has 1 aromatic rings. The SMILES string of the molecule is C=C(/C=C/c1ccccc1)C[C@H]1C2C(C)CCC2(C)C2(C)CC1(C(C)C)CC2SC(=C)CC. The summed E-state index contributed by atoms with van der Waals surface area (Å²) in [6, 6.07) is 10.7. The zero-order valence-corrected chi connectivity index (χ0v) is 22.8. The van der Waals surface area contributed by atoms with Crippen molar-refractivity contribution in [2.75, 3.05) is 0 Å². The predicted molar refractivity (Wildman–Crippen MR) is 148 cm³/mol. The van der Waals surface area contributed by atoms with Gasteiger partial charge in [0.2, 0.25) is 0 Å².